The highest BCUT2D eigenvalue weighted by atomic mass is 16.5. The lowest BCUT2D eigenvalue weighted by Crippen LogP contribution is -2.44. The van der Waals surface area contributed by atoms with Gasteiger partial charge in [-0.15, -0.1) is 0 Å². The van der Waals surface area contributed by atoms with Gasteiger partial charge in [-0.1, -0.05) is 30.3 Å². The molecule has 0 aliphatic carbocycles. The SMILES string of the molecule is COC[C@H]1CN(CCCOc2ccn3nc(-c4ccccc4)c(-c4ccc(=O)n(C(C)C)n4)c3c2)CCO1. The summed E-state index contributed by atoms with van der Waals surface area (Å²) in [6.07, 6.45) is 2.96. The highest BCUT2D eigenvalue weighted by molar-refractivity contribution is 5.91. The minimum atomic E-state index is -0.126. The van der Waals surface area contributed by atoms with Gasteiger partial charge in [0.25, 0.3) is 5.56 Å². The molecule has 0 spiro atoms. The van der Waals surface area contributed by atoms with Crippen LogP contribution in [-0.4, -0.2) is 77.0 Å². The van der Waals surface area contributed by atoms with Gasteiger partial charge in [0, 0.05) is 50.6 Å². The second-order valence-electron chi connectivity index (χ2n) is 9.83. The molecule has 1 aliphatic rings. The lowest BCUT2D eigenvalue weighted by atomic mass is 10.0. The maximum Gasteiger partial charge on any atom is 0.267 e. The standard InChI is InChI=1S/C29H35N5O4/c1-21(2)34-27(35)11-10-25(30-34)28-26-18-23(12-14-33(26)31-29(28)22-8-5-4-6-9-22)37-16-7-13-32-15-17-38-24(19-32)20-36-3/h4-6,8-12,14,18,21,24H,7,13,15-17,19-20H2,1-3H3/t24-/m1/s1. The van der Waals surface area contributed by atoms with Crippen LogP contribution in [0.5, 0.6) is 5.75 Å². The number of morpholine rings is 1. The molecular weight excluding hydrogens is 482 g/mol. The van der Waals surface area contributed by atoms with Gasteiger partial charge in [0.1, 0.15) is 11.4 Å². The van der Waals surface area contributed by atoms with E-state index in [0.29, 0.717) is 18.9 Å². The number of nitrogens with zero attached hydrogens (tertiary/aromatic N) is 5. The molecule has 9 heteroatoms. The first-order chi connectivity index (χ1) is 18.5. The first-order valence-electron chi connectivity index (χ1n) is 13.2. The topological polar surface area (TPSA) is 83.1 Å². The lowest BCUT2D eigenvalue weighted by Gasteiger charge is -2.32. The summed E-state index contributed by atoms with van der Waals surface area (Å²) >= 11 is 0. The van der Waals surface area contributed by atoms with Crippen molar-refractivity contribution in [2.24, 2.45) is 0 Å². The van der Waals surface area contributed by atoms with Crippen LogP contribution < -0.4 is 10.3 Å². The molecule has 1 atom stereocenters. The van der Waals surface area contributed by atoms with E-state index in [2.05, 4.69) is 4.90 Å². The fourth-order valence-electron chi connectivity index (χ4n) is 4.84. The molecule has 0 saturated carbocycles. The van der Waals surface area contributed by atoms with E-state index >= 15 is 0 Å². The highest BCUT2D eigenvalue weighted by Crippen LogP contribution is 2.35. The smallest absolute Gasteiger partial charge is 0.267 e. The van der Waals surface area contributed by atoms with Gasteiger partial charge in [0.15, 0.2) is 0 Å². The minimum absolute atomic E-state index is 0.0559. The van der Waals surface area contributed by atoms with Crippen molar-refractivity contribution in [2.45, 2.75) is 32.4 Å². The third kappa shape index (κ3) is 5.80. The van der Waals surface area contributed by atoms with E-state index in [4.69, 9.17) is 24.4 Å². The van der Waals surface area contributed by atoms with Gasteiger partial charge in [0.05, 0.1) is 48.7 Å². The number of pyridine rings is 1. The molecule has 0 bridgehead atoms. The Morgan fingerprint density at radius 2 is 1.95 bits per heavy atom. The van der Waals surface area contributed by atoms with Gasteiger partial charge in [-0.3, -0.25) is 9.69 Å². The van der Waals surface area contributed by atoms with Crippen LogP contribution in [-0.2, 0) is 9.47 Å². The highest BCUT2D eigenvalue weighted by Gasteiger charge is 2.21. The van der Waals surface area contributed by atoms with E-state index < -0.39 is 0 Å². The number of fused-ring (bicyclic) bond motifs is 1. The molecule has 1 aliphatic heterocycles. The molecule has 0 N–H and O–H groups in total. The van der Waals surface area contributed by atoms with Gasteiger partial charge in [-0.2, -0.15) is 10.2 Å². The summed E-state index contributed by atoms with van der Waals surface area (Å²) in [5.41, 5.74) is 4.10. The van der Waals surface area contributed by atoms with Crippen LogP contribution in [0.15, 0.2) is 65.6 Å². The summed E-state index contributed by atoms with van der Waals surface area (Å²) in [7, 11) is 1.71. The molecule has 200 valence electrons. The van der Waals surface area contributed by atoms with Crippen molar-refractivity contribution < 1.29 is 14.2 Å². The number of hydrogen-bond donors (Lipinski definition) is 0. The molecule has 4 aromatic rings. The van der Waals surface area contributed by atoms with Crippen molar-refractivity contribution in [2.75, 3.05) is 46.6 Å². The third-order valence-corrected chi connectivity index (χ3v) is 6.69. The molecule has 1 aromatic carbocycles. The fourth-order valence-corrected chi connectivity index (χ4v) is 4.84. The largest absolute Gasteiger partial charge is 0.493 e. The number of aromatic nitrogens is 4. The Kier molecular flexibility index (Phi) is 8.17. The minimum Gasteiger partial charge on any atom is -0.493 e. The number of hydrogen-bond acceptors (Lipinski definition) is 7. The van der Waals surface area contributed by atoms with Gasteiger partial charge in [0.2, 0.25) is 0 Å². The van der Waals surface area contributed by atoms with Gasteiger partial charge < -0.3 is 14.2 Å². The summed E-state index contributed by atoms with van der Waals surface area (Å²) < 4.78 is 20.5. The molecule has 0 unspecified atom stereocenters. The molecule has 38 heavy (non-hydrogen) atoms. The van der Waals surface area contributed by atoms with Crippen molar-refractivity contribution >= 4 is 5.52 Å². The monoisotopic (exact) mass is 517 g/mol. The molecule has 0 radical (unpaired) electrons. The van der Waals surface area contributed by atoms with Crippen LogP contribution in [0.2, 0.25) is 0 Å². The average molecular weight is 518 g/mol. The zero-order valence-corrected chi connectivity index (χ0v) is 22.2. The Labute approximate surface area is 222 Å². The summed E-state index contributed by atoms with van der Waals surface area (Å²) in [4.78, 5) is 14.8. The molecule has 0 amide bonds. The van der Waals surface area contributed by atoms with Gasteiger partial charge in [-0.05, 0) is 32.4 Å². The maximum atomic E-state index is 12.4. The van der Waals surface area contributed by atoms with E-state index in [9.17, 15) is 4.79 Å². The summed E-state index contributed by atoms with van der Waals surface area (Å²) in [5.74, 6) is 0.773. The van der Waals surface area contributed by atoms with Crippen molar-refractivity contribution in [3.63, 3.8) is 0 Å². The molecule has 9 nitrogen and oxygen atoms in total. The molecule has 1 saturated heterocycles. The molecule has 4 heterocycles. The van der Waals surface area contributed by atoms with Crippen molar-refractivity contribution in [3.8, 4) is 28.3 Å². The third-order valence-electron chi connectivity index (χ3n) is 6.69. The van der Waals surface area contributed by atoms with Crippen LogP contribution in [0.3, 0.4) is 0 Å². The second kappa shape index (κ2) is 11.9. The Morgan fingerprint density at radius 1 is 1.11 bits per heavy atom. The van der Waals surface area contributed by atoms with Crippen LogP contribution in [0.1, 0.15) is 26.3 Å². The number of methoxy groups -OCH3 is 1. The number of benzene rings is 1. The fraction of sp³-hybridized carbons (Fsp3) is 0.414. The number of rotatable bonds is 10. The molecule has 1 fully saturated rings. The summed E-state index contributed by atoms with van der Waals surface area (Å²) in [6, 6.07) is 17.3. The molecule has 3 aromatic heterocycles. The Balaban J connectivity index is 1.39. The summed E-state index contributed by atoms with van der Waals surface area (Å²) in [6.45, 7) is 8.62. The molecule has 5 rings (SSSR count). The predicted molar refractivity (Wildman–Crippen MR) is 147 cm³/mol. The summed E-state index contributed by atoms with van der Waals surface area (Å²) in [5, 5.41) is 9.59. The Morgan fingerprint density at radius 3 is 2.74 bits per heavy atom. The predicted octanol–water partition coefficient (Wildman–Crippen LogP) is 3.92. The van der Waals surface area contributed by atoms with Crippen molar-refractivity contribution in [3.05, 3.63) is 71.1 Å². The zero-order valence-electron chi connectivity index (χ0n) is 22.2. The lowest BCUT2D eigenvalue weighted by molar-refractivity contribution is -0.0615. The average Bonchev–Trinajstić information content (AvgIpc) is 3.31. The normalized spacial score (nSPS) is 16.4. The second-order valence-corrected chi connectivity index (χ2v) is 9.83. The van der Waals surface area contributed by atoms with Crippen molar-refractivity contribution in [1.29, 1.82) is 0 Å². The van der Waals surface area contributed by atoms with Crippen molar-refractivity contribution in [1.82, 2.24) is 24.3 Å². The zero-order chi connectivity index (χ0) is 26.5. The number of ether oxygens (including phenoxy) is 3. The Bertz CT molecular complexity index is 1410. The maximum absolute atomic E-state index is 12.4. The van der Waals surface area contributed by atoms with E-state index in [-0.39, 0.29) is 17.7 Å². The van der Waals surface area contributed by atoms with Crippen LogP contribution in [0, 0.1) is 0 Å². The Hall–Kier alpha value is -3.53. The van der Waals surface area contributed by atoms with Gasteiger partial charge >= 0.3 is 0 Å². The van der Waals surface area contributed by atoms with Crippen LogP contribution in [0.4, 0.5) is 0 Å². The van der Waals surface area contributed by atoms with Crippen LogP contribution in [0.25, 0.3) is 28.0 Å². The van der Waals surface area contributed by atoms with Gasteiger partial charge in [-0.25, -0.2) is 9.20 Å². The first-order valence-corrected chi connectivity index (χ1v) is 13.2. The molecular formula is C29H35N5O4. The van der Waals surface area contributed by atoms with Crippen LogP contribution >= 0.6 is 0 Å². The van der Waals surface area contributed by atoms with E-state index in [1.54, 1.807) is 19.2 Å². The quantitative estimate of drug-likeness (QED) is 0.295. The van der Waals surface area contributed by atoms with E-state index in [1.807, 2.05) is 67.0 Å². The first kappa shape index (κ1) is 26.1. The van der Waals surface area contributed by atoms with E-state index in [0.717, 1.165) is 60.7 Å². The van der Waals surface area contributed by atoms with E-state index in [1.165, 1.54) is 4.68 Å².